The molecule has 0 amide bonds. The van der Waals surface area contributed by atoms with Crippen molar-refractivity contribution in [1.82, 2.24) is 20.4 Å². The van der Waals surface area contributed by atoms with Crippen LogP contribution in [0.15, 0.2) is 4.99 Å². The first-order valence-corrected chi connectivity index (χ1v) is 11.8. The number of likely N-dealkylation sites (tertiary alicyclic amines) is 2. The summed E-state index contributed by atoms with van der Waals surface area (Å²) in [4.78, 5) is 10.4. The van der Waals surface area contributed by atoms with Crippen molar-refractivity contribution in [3.05, 3.63) is 0 Å². The van der Waals surface area contributed by atoms with Gasteiger partial charge in [-0.05, 0) is 58.5 Å². The molecule has 1 unspecified atom stereocenters. The van der Waals surface area contributed by atoms with Crippen molar-refractivity contribution in [1.29, 1.82) is 0 Å². The highest BCUT2D eigenvalue weighted by Gasteiger charge is 2.26. The predicted octanol–water partition coefficient (Wildman–Crippen LogP) is 3.21. The molecule has 2 heterocycles. The molecular weight excluding hydrogens is 334 g/mol. The average molecular weight is 378 g/mol. The summed E-state index contributed by atoms with van der Waals surface area (Å²) in [6.45, 7) is 11.2. The van der Waals surface area contributed by atoms with Crippen LogP contribution in [0.2, 0.25) is 0 Å². The van der Waals surface area contributed by atoms with E-state index in [2.05, 4.69) is 34.3 Å². The molecule has 0 radical (unpaired) electrons. The molecule has 3 rings (SSSR count). The SMILES string of the molecule is CCNC(=NCC1CCCCN1CC)NC1CCN(C2CCCCC2)CC1. The molecule has 0 aromatic heterocycles. The molecule has 5 nitrogen and oxygen atoms in total. The van der Waals surface area contributed by atoms with Crippen molar-refractivity contribution in [3.8, 4) is 0 Å². The van der Waals surface area contributed by atoms with Gasteiger partial charge in [0.1, 0.15) is 0 Å². The Bertz CT molecular complexity index is 438. The maximum absolute atomic E-state index is 4.98. The van der Waals surface area contributed by atoms with E-state index < -0.39 is 0 Å². The molecule has 3 fully saturated rings. The first-order valence-electron chi connectivity index (χ1n) is 11.8. The van der Waals surface area contributed by atoms with Crippen molar-refractivity contribution in [3.63, 3.8) is 0 Å². The lowest BCUT2D eigenvalue weighted by Gasteiger charge is -2.39. The predicted molar refractivity (Wildman–Crippen MR) is 115 cm³/mol. The van der Waals surface area contributed by atoms with Crippen LogP contribution in [0.3, 0.4) is 0 Å². The van der Waals surface area contributed by atoms with E-state index in [0.717, 1.165) is 31.6 Å². The zero-order chi connectivity index (χ0) is 18.9. The fourth-order valence-corrected chi connectivity index (χ4v) is 5.25. The summed E-state index contributed by atoms with van der Waals surface area (Å²) in [6, 6.07) is 2.08. The number of rotatable bonds is 6. The van der Waals surface area contributed by atoms with E-state index in [0.29, 0.717) is 12.1 Å². The van der Waals surface area contributed by atoms with Crippen molar-refractivity contribution in [2.75, 3.05) is 39.3 Å². The van der Waals surface area contributed by atoms with Crippen LogP contribution in [0.1, 0.15) is 78.1 Å². The molecule has 2 N–H and O–H groups in total. The van der Waals surface area contributed by atoms with E-state index in [1.54, 1.807) is 0 Å². The van der Waals surface area contributed by atoms with Gasteiger partial charge in [0.15, 0.2) is 5.96 Å². The highest BCUT2D eigenvalue weighted by molar-refractivity contribution is 5.80. The van der Waals surface area contributed by atoms with Crippen LogP contribution in [0, 0.1) is 0 Å². The number of piperidine rings is 2. The topological polar surface area (TPSA) is 42.9 Å². The van der Waals surface area contributed by atoms with Gasteiger partial charge in [-0.2, -0.15) is 0 Å². The van der Waals surface area contributed by atoms with Crippen molar-refractivity contribution in [2.45, 2.75) is 96.2 Å². The summed E-state index contributed by atoms with van der Waals surface area (Å²) in [6.07, 6.45) is 13.7. The van der Waals surface area contributed by atoms with E-state index in [9.17, 15) is 0 Å². The third-order valence-corrected chi connectivity index (χ3v) is 6.92. The molecule has 156 valence electrons. The van der Waals surface area contributed by atoms with Crippen molar-refractivity contribution in [2.24, 2.45) is 4.99 Å². The zero-order valence-corrected chi connectivity index (χ0v) is 17.9. The number of nitrogens with one attached hydrogen (secondary N) is 2. The maximum Gasteiger partial charge on any atom is 0.191 e. The number of aliphatic imine (C=N–C) groups is 1. The van der Waals surface area contributed by atoms with E-state index in [4.69, 9.17) is 4.99 Å². The summed E-state index contributed by atoms with van der Waals surface area (Å²) in [5.74, 6) is 1.04. The van der Waals surface area contributed by atoms with E-state index in [-0.39, 0.29) is 0 Å². The number of hydrogen-bond donors (Lipinski definition) is 2. The second-order valence-electron chi connectivity index (χ2n) is 8.74. The maximum atomic E-state index is 4.98. The fourth-order valence-electron chi connectivity index (χ4n) is 5.25. The van der Waals surface area contributed by atoms with Crippen LogP contribution < -0.4 is 10.6 Å². The molecule has 0 bridgehead atoms. The van der Waals surface area contributed by atoms with Gasteiger partial charge in [-0.15, -0.1) is 0 Å². The molecule has 1 atom stereocenters. The van der Waals surface area contributed by atoms with Gasteiger partial charge in [0.25, 0.3) is 0 Å². The van der Waals surface area contributed by atoms with E-state index in [1.165, 1.54) is 83.8 Å². The minimum Gasteiger partial charge on any atom is -0.357 e. The van der Waals surface area contributed by atoms with E-state index in [1.807, 2.05) is 0 Å². The van der Waals surface area contributed by atoms with Crippen molar-refractivity contribution >= 4 is 5.96 Å². The molecule has 1 saturated carbocycles. The van der Waals surface area contributed by atoms with Gasteiger partial charge in [-0.25, -0.2) is 0 Å². The van der Waals surface area contributed by atoms with Crippen LogP contribution in [0.25, 0.3) is 0 Å². The molecule has 0 spiro atoms. The van der Waals surface area contributed by atoms with Crippen LogP contribution in [0.4, 0.5) is 0 Å². The lowest BCUT2D eigenvalue weighted by Crippen LogP contribution is -2.51. The molecule has 5 heteroatoms. The summed E-state index contributed by atoms with van der Waals surface area (Å²) < 4.78 is 0. The molecule has 0 aromatic carbocycles. The first-order chi connectivity index (χ1) is 13.3. The minimum atomic E-state index is 0.580. The molecule has 27 heavy (non-hydrogen) atoms. The second-order valence-corrected chi connectivity index (χ2v) is 8.74. The Morgan fingerprint density at radius 2 is 1.63 bits per heavy atom. The van der Waals surface area contributed by atoms with Crippen LogP contribution >= 0.6 is 0 Å². The van der Waals surface area contributed by atoms with Gasteiger partial charge in [-0.1, -0.05) is 32.6 Å². The third-order valence-electron chi connectivity index (χ3n) is 6.92. The zero-order valence-electron chi connectivity index (χ0n) is 17.9. The van der Waals surface area contributed by atoms with Crippen LogP contribution in [-0.4, -0.2) is 73.2 Å². The Labute approximate surface area is 167 Å². The molecule has 0 aromatic rings. The normalized spacial score (nSPS) is 27.6. The molecule has 3 aliphatic rings. The summed E-state index contributed by atoms with van der Waals surface area (Å²) in [5.41, 5.74) is 0. The Balaban J connectivity index is 1.46. The standard InChI is InChI=1S/C22H43N5/c1-3-23-22(24-18-21-12-8-9-15-26(21)4-2)25-19-13-16-27(17-14-19)20-10-6-5-7-11-20/h19-21H,3-18H2,1-2H3,(H2,23,24,25). The second kappa shape index (κ2) is 11.3. The molecule has 2 saturated heterocycles. The number of likely N-dealkylation sites (N-methyl/N-ethyl adjacent to an activating group) is 1. The lowest BCUT2D eigenvalue weighted by molar-refractivity contribution is 0.119. The third kappa shape index (κ3) is 6.35. The van der Waals surface area contributed by atoms with Crippen molar-refractivity contribution < 1.29 is 0 Å². The Kier molecular flexibility index (Phi) is 8.72. The highest BCUT2D eigenvalue weighted by Crippen LogP contribution is 2.25. The monoisotopic (exact) mass is 377 g/mol. The van der Waals surface area contributed by atoms with Gasteiger partial charge >= 0.3 is 0 Å². The van der Waals surface area contributed by atoms with Gasteiger partial charge in [0.05, 0.1) is 6.54 Å². The van der Waals surface area contributed by atoms with Crippen LogP contribution in [0.5, 0.6) is 0 Å². The number of hydrogen-bond acceptors (Lipinski definition) is 3. The smallest absolute Gasteiger partial charge is 0.191 e. The largest absolute Gasteiger partial charge is 0.357 e. The fraction of sp³-hybridized carbons (Fsp3) is 0.955. The average Bonchev–Trinajstić information content (AvgIpc) is 2.73. The highest BCUT2D eigenvalue weighted by atomic mass is 15.2. The quantitative estimate of drug-likeness (QED) is 0.551. The Morgan fingerprint density at radius 1 is 0.889 bits per heavy atom. The van der Waals surface area contributed by atoms with E-state index >= 15 is 0 Å². The summed E-state index contributed by atoms with van der Waals surface area (Å²) >= 11 is 0. The first kappa shape index (κ1) is 20.9. The Morgan fingerprint density at radius 3 is 2.33 bits per heavy atom. The Hall–Kier alpha value is -0.810. The lowest BCUT2D eigenvalue weighted by atomic mass is 9.92. The number of nitrogens with zero attached hydrogens (tertiary/aromatic N) is 3. The molecule has 2 aliphatic heterocycles. The number of guanidine groups is 1. The van der Waals surface area contributed by atoms with Crippen LogP contribution in [-0.2, 0) is 0 Å². The molecule has 1 aliphatic carbocycles. The molecular formula is C22H43N5. The minimum absolute atomic E-state index is 0.580. The van der Waals surface area contributed by atoms with Gasteiger partial charge in [0, 0.05) is 37.8 Å². The summed E-state index contributed by atoms with van der Waals surface area (Å²) in [7, 11) is 0. The summed E-state index contributed by atoms with van der Waals surface area (Å²) in [5, 5.41) is 7.23. The van der Waals surface area contributed by atoms with Gasteiger partial charge in [0.2, 0.25) is 0 Å². The van der Waals surface area contributed by atoms with Gasteiger partial charge < -0.3 is 15.5 Å². The van der Waals surface area contributed by atoms with Gasteiger partial charge in [-0.3, -0.25) is 9.89 Å².